The summed E-state index contributed by atoms with van der Waals surface area (Å²) in [6.45, 7) is 4.39. The molecule has 2 aromatic rings. The summed E-state index contributed by atoms with van der Waals surface area (Å²) in [6, 6.07) is 7.17. The van der Waals surface area contributed by atoms with Crippen LogP contribution in [0.2, 0.25) is 0 Å². The van der Waals surface area contributed by atoms with E-state index in [4.69, 9.17) is 4.74 Å². The van der Waals surface area contributed by atoms with E-state index in [-0.39, 0.29) is 5.91 Å². The van der Waals surface area contributed by atoms with Crippen LogP contribution in [0.1, 0.15) is 30.1 Å². The van der Waals surface area contributed by atoms with E-state index in [0.29, 0.717) is 23.6 Å². The topological polar surface area (TPSA) is 67.3 Å². The zero-order valence-corrected chi connectivity index (χ0v) is 13.2. The number of nitrogens with zero attached hydrogens (tertiary/aromatic N) is 3. The molecule has 1 amide bonds. The number of anilines is 2. The van der Waals surface area contributed by atoms with Gasteiger partial charge in [-0.3, -0.25) is 4.79 Å². The van der Waals surface area contributed by atoms with Crippen LogP contribution < -0.4 is 15.0 Å². The van der Waals surface area contributed by atoms with E-state index >= 15 is 0 Å². The molecular weight excluding hydrogens is 292 g/mol. The number of benzene rings is 1. The van der Waals surface area contributed by atoms with Crippen molar-refractivity contribution >= 4 is 17.5 Å². The molecule has 0 unspecified atom stereocenters. The van der Waals surface area contributed by atoms with Gasteiger partial charge in [0.05, 0.1) is 30.3 Å². The van der Waals surface area contributed by atoms with Crippen LogP contribution in [0.5, 0.6) is 5.75 Å². The lowest BCUT2D eigenvalue weighted by atomic mass is 10.2. The standard InChI is InChI=1S/C17H20N4O2/c1-2-23-15-8-4-3-7-14(15)16(22)20-13-11-18-17(19-12-13)21-9-5-6-10-21/h3-4,7-8,11-12H,2,5-6,9-10H2,1H3,(H,20,22). The van der Waals surface area contributed by atoms with Gasteiger partial charge in [0.15, 0.2) is 0 Å². The molecule has 120 valence electrons. The van der Waals surface area contributed by atoms with Crippen molar-refractivity contribution in [3.05, 3.63) is 42.2 Å². The summed E-state index contributed by atoms with van der Waals surface area (Å²) >= 11 is 0. The molecule has 1 aromatic heterocycles. The Morgan fingerprint density at radius 2 is 1.91 bits per heavy atom. The molecule has 1 aromatic carbocycles. The molecule has 0 bridgehead atoms. The molecule has 23 heavy (non-hydrogen) atoms. The highest BCUT2D eigenvalue weighted by atomic mass is 16.5. The predicted octanol–water partition coefficient (Wildman–Crippen LogP) is 2.73. The normalized spacial score (nSPS) is 13.9. The van der Waals surface area contributed by atoms with Crippen LogP contribution >= 0.6 is 0 Å². The second kappa shape index (κ2) is 7.09. The number of ether oxygens (including phenoxy) is 1. The molecule has 6 heteroatoms. The Morgan fingerprint density at radius 3 is 2.61 bits per heavy atom. The first kappa shape index (κ1) is 15.3. The zero-order valence-electron chi connectivity index (χ0n) is 13.2. The van der Waals surface area contributed by atoms with E-state index in [2.05, 4.69) is 20.2 Å². The molecule has 0 radical (unpaired) electrons. The Balaban J connectivity index is 1.70. The number of carbonyl (C=O) groups excluding carboxylic acids is 1. The maximum absolute atomic E-state index is 12.4. The van der Waals surface area contributed by atoms with Gasteiger partial charge in [0.2, 0.25) is 5.95 Å². The first-order valence-electron chi connectivity index (χ1n) is 7.88. The Morgan fingerprint density at radius 1 is 1.22 bits per heavy atom. The molecule has 1 N–H and O–H groups in total. The Bertz CT molecular complexity index is 667. The van der Waals surface area contributed by atoms with Gasteiger partial charge in [0.1, 0.15) is 5.75 Å². The van der Waals surface area contributed by atoms with Crippen molar-refractivity contribution < 1.29 is 9.53 Å². The van der Waals surface area contributed by atoms with Gasteiger partial charge in [0.25, 0.3) is 5.91 Å². The largest absolute Gasteiger partial charge is 0.493 e. The minimum absolute atomic E-state index is 0.230. The molecule has 6 nitrogen and oxygen atoms in total. The zero-order chi connectivity index (χ0) is 16.1. The lowest BCUT2D eigenvalue weighted by molar-refractivity contribution is 0.102. The van der Waals surface area contributed by atoms with Crippen molar-refractivity contribution in [2.24, 2.45) is 0 Å². The average Bonchev–Trinajstić information content (AvgIpc) is 3.11. The van der Waals surface area contributed by atoms with Gasteiger partial charge in [-0.25, -0.2) is 9.97 Å². The van der Waals surface area contributed by atoms with Gasteiger partial charge in [-0.2, -0.15) is 0 Å². The van der Waals surface area contributed by atoms with Crippen LogP contribution in [0.3, 0.4) is 0 Å². The summed E-state index contributed by atoms with van der Waals surface area (Å²) in [4.78, 5) is 23.2. The lowest BCUT2D eigenvalue weighted by Gasteiger charge is -2.15. The highest BCUT2D eigenvalue weighted by molar-refractivity contribution is 6.06. The highest BCUT2D eigenvalue weighted by Gasteiger charge is 2.16. The molecule has 1 fully saturated rings. The van der Waals surface area contributed by atoms with Crippen LogP contribution in [0.15, 0.2) is 36.7 Å². The second-order valence-electron chi connectivity index (χ2n) is 5.35. The summed E-state index contributed by atoms with van der Waals surface area (Å²) in [5, 5.41) is 2.81. The smallest absolute Gasteiger partial charge is 0.259 e. The van der Waals surface area contributed by atoms with Gasteiger partial charge >= 0.3 is 0 Å². The molecule has 0 aliphatic carbocycles. The molecule has 1 saturated heterocycles. The fourth-order valence-electron chi connectivity index (χ4n) is 2.60. The lowest BCUT2D eigenvalue weighted by Crippen LogP contribution is -2.20. The number of carbonyl (C=O) groups is 1. The number of para-hydroxylation sites is 1. The maximum Gasteiger partial charge on any atom is 0.259 e. The number of amides is 1. The van der Waals surface area contributed by atoms with E-state index in [9.17, 15) is 4.79 Å². The molecule has 3 rings (SSSR count). The van der Waals surface area contributed by atoms with Gasteiger partial charge in [0, 0.05) is 13.1 Å². The van der Waals surface area contributed by atoms with Crippen LogP contribution in [0.25, 0.3) is 0 Å². The molecule has 0 saturated carbocycles. The van der Waals surface area contributed by atoms with Gasteiger partial charge in [-0.05, 0) is 31.9 Å². The molecule has 1 aliphatic rings. The molecular formula is C17H20N4O2. The third kappa shape index (κ3) is 3.59. The fraction of sp³-hybridized carbons (Fsp3) is 0.353. The summed E-state index contributed by atoms with van der Waals surface area (Å²) in [5.41, 5.74) is 1.07. The monoisotopic (exact) mass is 312 g/mol. The Labute approximate surface area is 135 Å². The predicted molar refractivity (Wildman–Crippen MR) is 89.0 cm³/mol. The van der Waals surface area contributed by atoms with Crippen molar-refractivity contribution in [1.29, 1.82) is 0 Å². The number of hydrogen-bond acceptors (Lipinski definition) is 5. The SMILES string of the molecule is CCOc1ccccc1C(=O)Nc1cnc(N2CCCC2)nc1. The van der Waals surface area contributed by atoms with Gasteiger partial charge in [-0.15, -0.1) is 0 Å². The van der Waals surface area contributed by atoms with Crippen molar-refractivity contribution in [3.63, 3.8) is 0 Å². The maximum atomic E-state index is 12.4. The van der Waals surface area contributed by atoms with Crippen LogP contribution in [0, 0.1) is 0 Å². The van der Waals surface area contributed by atoms with E-state index < -0.39 is 0 Å². The first-order chi connectivity index (χ1) is 11.3. The fourth-order valence-corrected chi connectivity index (χ4v) is 2.60. The van der Waals surface area contributed by atoms with Crippen molar-refractivity contribution in [2.75, 3.05) is 29.9 Å². The van der Waals surface area contributed by atoms with E-state index in [1.807, 2.05) is 19.1 Å². The van der Waals surface area contributed by atoms with Crippen molar-refractivity contribution in [2.45, 2.75) is 19.8 Å². The van der Waals surface area contributed by atoms with E-state index in [0.717, 1.165) is 19.0 Å². The summed E-state index contributed by atoms with van der Waals surface area (Å²) in [6.07, 6.45) is 5.63. The molecule has 0 atom stereocenters. The van der Waals surface area contributed by atoms with Crippen molar-refractivity contribution in [1.82, 2.24) is 9.97 Å². The van der Waals surface area contributed by atoms with Crippen LogP contribution in [-0.2, 0) is 0 Å². The minimum Gasteiger partial charge on any atom is -0.493 e. The van der Waals surface area contributed by atoms with Gasteiger partial charge in [-0.1, -0.05) is 12.1 Å². The summed E-state index contributed by atoms with van der Waals surface area (Å²) in [7, 11) is 0. The van der Waals surface area contributed by atoms with Crippen molar-refractivity contribution in [3.8, 4) is 5.75 Å². The second-order valence-corrected chi connectivity index (χ2v) is 5.35. The number of nitrogens with one attached hydrogen (secondary N) is 1. The van der Waals surface area contributed by atoms with Gasteiger partial charge < -0.3 is 15.0 Å². The number of hydrogen-bond donors (Lipinski definition) is 1. The minimum atomic E-state index is -0.230. The molecule has 0 spiro atoms. The highest BCUT2D eigenvalue weighted by Crippen LogP contribution is 2.20. The number of rotatable bonds is 5. The first-order valence-corrected chi connectivity index (χ1v) is 7.88. The Hall–Kier alpha value is -2.63. The summed E-state index contributed by atoms with van der Waals surface area (Å²) in [5.74, 6) is 1.06. The molecule has 1 aliphatic heterocycles. The Kier molecular flexibility index (Phi) is 4.71. The number of aromatic nitrogens is 2. The van der Waals surface area contributed by atoms with E-state index in [1.165, 1.54) is 12.8 Å². The molecule has 2 heterocycles. The quantitative estimate of drug-likeness (QED) is 0.919. The third-order valence-corrected chi connectivity index (χ3v) is 3.72. The van der Waals surface area contributed by atoms with Crippen LogP contribution in [-0.4, -0.2) is 35.6 Å². The average molecular weight is 312 g/mol. The third-order valence-electron chi connectivity index (χ3n) is 3.72. The van der Waals surface area contributed by atoms with Crippen LogP contribution in [0.4, 0.5) is 11.6 Å². The van der Waals surface area contributed by atoms with E-state index in [1.54, 1.807) is 24.5 Å². The summed E-state index contributed by atoms with van der Waals surface area (Å²) < 4.78 is 5.48.